The Bertz CT molecular complexity index is 1080. The molecule has 0 atom stereocenters. The third-order valence-electron chi connectivity index (χ3n) is 5.17. The summed E-state index contributed by atoms with van der Waals surface area (Å²) in [4.78, 5) is 9.16. The lowest BCUT2D eigenvalue weighted by Gasteiger charge is -2.32. The number of hydrogen-bond donors (Lipinski definition) is 0. The molecule has 0 unspecified atom stereocenters. The molecule has 0 amide bonds. The van der Waals surface area contributed by atoms with Crippen LogP contribution in [0, 0.1) is 0 Å². The predicted octanol–water partition coefficient (Wildman–Crippen LogP) is 4.09. The Morgan fingerprint density at radius 3 is 1.61 bits per heavy atom. The molecule has 1 aliphatic carbocycles. The van der Waals surface area contributed by atoms with Gasteiger partial charge in [0.1, 0.15) is 6.34 Å². The molecular weight excluding hydrogens is 359 g/mol. The van der Waals surface area contributed by atoms with E-state index in [2.05, 4.69) is 113 Å². The zero-order chi connectivity index (χ0) is 18.8. The number of rotatable bonds is 3. The first-order valence-electron chi connectivity index (χ1n) is 9.33. The van der Waals surface area contributed by atoms with Crippen molar-refractivity contribution >= 4 is 40.1 Å². The van der Waals surface area contributed by atoms with Gasteiger partial charge in [-0.15, -0.1) is 0 Å². The topological polar surface area (TPSA) is 24.7 Å². The van der Waals surface area contributed by atoms with Crippen molar-refractivity contribution in [3.05, 3.63) is 115 Å². The molecule has 3 heteroatoms. The van der Waals surface area contributed by atoms with Crippen LogP contribution in [-0.4, -0.2) is 17.3 Å². The molecule has 0 bridgehead atoms. The summed E-state index contributed by atoms with van der Waals surface area (Å²) in [6.07, 6.45) is 8.05. The van der Waals surface area contributed by atoms with Gasteiger partial charge in [-0.25, -0.2) is 9.98 Å². The van der Waals surface area contributed by atoms with Gasteiger partial charge in [-0.1, -0.05) is 103 Å². The van der Waals surface area contributed by atoms with E-state index >= 15 is 0 Å². The summed E-state index contributed by atoms with van der Waals surface area (Å²) in [6, 6.07) is 32.5. The zero-order valence-corrected chi connectivity index (χ0v) is 16.2. The Morgan fingerprint density at radius 1 is 0.607 bits per heavy atom. The van der Waals surface area contributed by atoms with Crippen LogP contribution in [0.5, 0.6) is 0 Å². The standard InChI is InChI=1S/C25H19N2P/c1-4-11-20(12-5-1)28(21-13-6-2-7-14-21,22-15-8-3-9-16-22)24-18-10-17-23-25(24)27-19-26-23/h1-19H. The van der Waals surface area contributed by atoms with Crippen molar-refractivity contribution in [2.45, 2.75) is 0 Å². The highest BCUT2D eigenvalue weighted by Crippen LogP contribution is 2.47. The van der Waals surface area contributed by atoms with E-state index in [0.29, 0.717) is 0 Å². The summed E-state index contributed by atoms with van der Waals surface area (Å²) in [5, 5.41) is 5.22. The van der Waals surface area contributed by atoms with Crippen LogP contribution in [0.2, 0.25) is 0 Å². The van der Waals surface area contributed by atoms with Crippen LogP contribution in [0.3, 0.4) is 0 Å². The zero-order valence-electron chi connectivity index (χ0n) is 15.3. The van der Waals surface area contributed by atoms with E-state index in [1.54, 1.807) is 6.34 Å². The third kappa shape index (κ3) is 2.58. The van der Waals surface area contributed by atoms with Crippen molar-refractivity contribution < 1.29 is 0 Å². The van der Waals surface area contributed by atoms with Gasteiger partial charge in [-0.2, -0.15) is 0 Å². The third-order valence-corrected chi connectivity index (χ3v) is 9.47. The monoisotopic (exact) mass is 378 g/mol. The minimum Gasteiger partial charge on any atom is -0.235 e. The van der Waals surface area contributed by atoms with Crippen LogP contribution in [0.1, 0.15) is 0 Å². The molecule has 2 nitrogen and oxygen atoms in total. The van der Waals surface area contributed by atoms with E-state index in [9.17, 15) is 0 Å². The number of fused-ring (bicyclic) bond motifs is 1. The fourth-order valence-electron chi connectivity index (χ4n) is 3.99. The molecule has 0 radical (unpaired) electrons. The molecule has 0 fully saturated rings. The molecule has 3 aromatic carbocycles. The molecule has 0 spiro atoms. The van der Waals surface area contributed by atoms with Crippen molar-refractivity contribution in [2.24, 2.45) is 9.98 Å². The molecule has 1 heterocycles. The van der Waals surface area contributed by atoms with Crippen molar-refractivity contribution in [3.8, 4) is 0 Å². The van der Waals surface area contributed by atoms with Crippen LogP contribution in [0.15, 0.2) is 125 Å². The van der Waals surface area contributed by atoms with Gasteiger partial charge in [-0.3, -0.25) is 0 Å². The lowest BCUT2D eigenvalue weighted by atomic mass is 10.1. The van der Waals surface area contributed by atoms with Gasteiger partial charge in [0.2, 0.25) is 0 Å². The van der Waals surface area contributed by atoms with Gasteiger partial charge in [0.05, 0.1) is 11.4 Å². The van der Waals surface area contributed by atoms with Gasteiger partial charge in [0.15, 0.2) is 0 Å². The summed E-state index contributed by atoms with van der Waals surface area (Å²) in [5.74, 6) is 0. The Labute approximate surface area is 165 Å². The summed E-state index contributed by atoms with van der Waals surface area (Å²) in [5.41, 5.74) is 1.94. The number of allylic oxidation sites excluding steroid dienone is 4. The van der Waals surface area contributed by atoms with Crippen molar-refractivity contribution in [3.63, 3.8) is 0 Å². The van der Waals surface area contributed by atoms with Crippen LogP contribution < -0.4 is 15.9 Å². The Morgan fingerprint density at radius 2 is 1.11 bits per heavy atom. The first-order chi connectivity index (χ1) is 13.9. The highest BCUT2D eigenvalue weighted by Gasteiger charge is 2.33. The van der Waals surface area contributed by atoms with E-state index in [-0.39, 0.29) is 0 Å². The van der Waals surface area contributed by atoms with Gasteiger partial charge in [0, 0.05) is 5.29 Å². The normalized spacial score (nSPS) is 15.2. The second kappa shape index (κ2) is 7.07. The van der Waals surface area contributed by atoms with Crippen molar-refractivity contribution in [2.75, 3.05) is 0 Å². The molecule has 134 valence electrons. The van der Waals surface area contributed by atoms with Gasteiger partial charge in [0.25, 0.3) is 0 Å². The first kappa shape index (κ1) is 16.9. The van der Waals surface area contributed by atoms with Crippen molar-refractivity contribution in [1.29, 1.82) is 0 Å². The summed E-state index contributed by atoms with van der Waals surface area (Å²) >= 11 is 0. The second-order valence-corrected chi connectivity index (χ2v) is 10.1. The SMILES string of the molecule is C1=CC(=P(c2ccccc2)(c2ccccc2)c2ccccc2)C2=NC=NC2=C1. The molecule has 0 saturated carbocycles. The van der Waals surface area contributed by atoms with E-state index in [4.69, 9.17) is 0 Å². The smallest absolute Gasteiger partial charge is 0.116 e. The van der Waals surface area contributed by atoms with E-state index in [0.717, 1.165) is 11.4 Å². The van der Waals surface area contributed by atoms with Crippen LogP contribution in [0.4, 0.5) is 0 Å². The van der Waals surface area contributed by atoms with Crippen LogP contribution in [-0.2, 0) is 0 Å². The van der Waals surface area contributed by atoms with Crippen molar-refractivity contribution in [1.82, 2.24) is 0 Å². The fraction of sp³-hybridized carbons (Fsp3) is 0. The lowest BCUT2D eigenvalue weighted by Crippen LogP contribution is -2.33. The Hall–Kier alpha value is -3.22. The maximum absolute atomic E-state index is 4.68. The molecule has 0 aromatic heterocycles. The van der Waals surface area contributed by atoms with E-state index in [1.807, 2.05) is 6.08 Å². The molecule has 0 saturated heterocycles. The number of nitrogens with zero attached hydrogens (tertiary/aromatic N) is 2. The van der Waals surface area contributed by atoms with Gasteiger partial charge >= 0.3 is 0 Å². The quantitative estimate of drug-likeness (QED) is 0.614. The highest BCUT2D eigenvalue weighted by atomic mass is 31.2. The Kier molecular flexibility index (Phi) is 4.27. The molecule has 0 N–H and O–H groups in total. The summed E-state index contributed by atoms with van der Waals surface area (Å²) < 4.78 is 0. The molecule has 3 aromatic rings. The molecule has 2 aliphatic rings. The molecular formula is C25H19N2P. The highest BCUT2D eigenvalue weighted by molar-refractivity contribution is 7.96. The predicted molar refractivity (Wildman–Crippen MR) is 123 cm³/mol. The average molecular weight is 378 g/mol. The number of aliphatic imine (C=N–C) groups is 2. The number of benzene rings is 3. The van der Waals surface area contributed by atoms with E-state index < -0.39 is 6.89 Å². The summed E-state index contributed by atoms with van der Waals surface area (Å²) in [6.45, 7) is -2.12. The minimum atomic E-state index is -2.12. The van der Waals surface area contributed by atoms with Gasteiger partial charge < -0.3 is 0 Å². The summed E-state index contributed by atoms with van der Waals surface area (Å²) in [7, 11) is 0. The minimum absolute atomic E-state index is 0.949. The molecule has 28 heavy (non-hydrogen) atoms. The maximum Gasteiger partial charge on any atom is 0.116 e. The first-order valence-corrected chi connectivity index (χ1v) is 11.1. The average Bonchev–Trinajstić information content (AvgIpc) is 3.26. The van der Waals surface area contributed by atoms with Crippen LogP contribution >= 0.6 is 6.89 Å². The molecule has 5 rings (SSSR count). The Balaban J connectivity index is 2.00. The van der Waals surface area contributed by atoms with Crippen LogP contribution in [0.25, 0.3) is 0 Å². The largest absolute Gasteiger partial charge is 0.235 e. The molecule has 1 aliphatic heterocycles. The fourth-order valence-corrected chi connectivity index (χ4v) is 8.38. The lowest BCUT2D eigenvalue weighted by molar-refractivity contribution is 1.52. The van der Waals surface area contributed by atoms with Gasteiger partial charge in [-0.05, 0) is 28.9 Å². The number of hydrogen-bond acceptors (Lipinski definition) is 2. The maximum atomic E-state index is 4.68. The van der Waals surface area contributed by atoms with E-state index in [1.165, 1.54) is 21.2 Å². The second-order valence-electron chi connectivity index (χ2n) is 6.70.